The number of nitrogens with one attached hydrogen (secondary N) is 1. The number of aromatic nitrogens is 1. The fourth-order valence-corrected chi connectivity index (χ4v) is 3.12. The van der Waals surface area contributed by atoms with Crippen molar-refractivity contribution in [2.75, 3.05) is 11.1 Å². The number of ether oxygens (including phenoxy) is 1. The Bertz CT molecular complexity index is 936. The Morgan fingerprint density at radius 1 is 1.19 bits per heavy atom. The summed E-state index contributed by atoms with van der Waals surface area (Å²) in [6.45, 7) is 5.73. The zero-order chi connectivity index (χ0) is 18.7. The molecule has 0 aliphatic rings. The Morgan fingerprint density at radius 3 is 2.69 bits per heavy atom. The number of rotatable bonds is 5. The van der Waals surface area contributed by atoms with Gasteiger partial charge in [-0.05, 0) is 50.1 Å². The van der Waals surface area contributed by atoms with Gasteiger partial charge in [0.25, 0.3) is 5.91 Å². The summed E-state index contributed by atoms with van der Waals surface area (Å²) in [5, 5.41) is 5.31. The van der Waals surface area contributed by atoms with E-state index >= 15 is 0 Å². The lowest BCUT2D eigenvalue weighted by Gasteiger charge is -2.18. The molecule has 1 heterocycles. The summed E-state index contributed by atoms with van der Waals surface area (Å²) < 4.78 is 5.93. The van der Waals surface area contributed by atoms with Crippen molar-refractivity contribution in [2.45, 2.75) is 26.9 Å². The van der Waals surface area contributed by atoms with Crippen molar-refractivity contribution in [1.82, 2.24) is 4.98 Å². The van der Waals surface area contributed by atoms with E-state index in [1.54, 1.807) is 6.92 Å². The largest absolute Gasteiger partial charge is 0.480 e. The van der Waals surface area contributed by atoms with Gasteiger partial charge in [-0.3, -0.25) is 4.79 Å². The first-order valence-corrected chi connectivity index (χ1v) is 9.18. The maximum Gasteiger partial charge on any atom is 0.265 e. The second-order valence-corrected chi connectivity index (χ2v) is 6.95. The molecule has 1 atom stereocenters. The van der Waals surface area contributed by atoms with Crippen molar-refractivity contribution >= 4 is 28.1 Å². The first kappa shape index (κ1) is 17.9. The van der Waals surface area contributed by atoms with Gasteiger partial charge in [0.15, 0.2) is 11.2 Å². The molecular formula is C20H21N3O2S. The van der Waals surface area contributed by atoms with Crippen molar-refractivity contribution < 1.29 is 9.53 Å². The van der Waals surface area contributed by atoms with Crippen LogP contribution in [0, 0.1) is 13.8 Å². The van der Waals surface area contributed by atoms with Crippen LogP contribution in [0.4, 0.5) is 10.8 Å². The van der Waals surface area contributed by atoms with Gasteiger partial charge in [-0.1, -0.05) is 24.3 Å². The van der Waals surface area contributed by atoms with Crippen LogP contribution in [0.1, 0.15) is 18.1 Å². The van der Waals surface area contributed by atoms with E-state index in [1.807, 2.05) is 61.7 Å². The van der Waals surface area contributed by atoms with Gasteiger partial charge in [-0.25, -0.2) is 4.98 Å². The number of nitrogens with two attached hydrogens (primary N) is 1. The zero-order valence-corrected chi connectivity index (χ0v) is 15.8. The Balaban J connectivity index is 1.77. The topological polar surface area (TPSA) is 77.2 Å². The van der Waals surface area contributed by atoms with Gasteiger partial charge < -0.3 is 15.8 Å². The van der Waals surface area contributed by atoms with Gasteiger partial charge in [0.05, 0.1) is 5.69 Å². The third-order valence-electron chi connectivity index (χ3n) is 4.22. The van der Waals surface area contributed by atoms with Gasteiger partial charge in [-0.15, -0.1) is 11.3 Å². The van der Waals surface area contributed by atoms with E-state index in [4.69, 9.17) is 10.5 Å². The molecule has 3 N–H and O–H groups in total. The number of anilines is 2. The van der Waals surface area contributed by atoms with Gasteiger partial charge in [0, 0.05) is 16.6 Å². The fraction of sp³-hybridized carbons (Fsp3) is 0.200. The summed E-state index contributed by atoms with van der Waals surface area (Å²) in [6, 6.07) is 13.3. The molecule has 3 rings (SSSR count). The highest BCUT2D eigenvalue weighted by atomic mass is 32.1. The summed E-state index contributed by atoms with van der Waals surface area (Å²) >= 11 is 1.37. The van der Waals surface area contributed by atoms with Crippen LogP contribution in [0.15, 0.2) is 47.8 Å². The Hall–Kier alpha value is -2.86. The molecule has 0 bridgehead atoms. The summed E-state index contributed by atoms with van der Waals surface area (Å²) in [6.07, 6.45) is -0.660. The molecule has 0 aliphatic carbocycles. The fourth-order valence-electron chi connectivity index (χ4n) is 2.56. The molecule has 0 aliphatic heterocycles. The minimum Gasteiger partial charge on any atom is -0.480 e. The molecule has 6 heteroatoms. The number of hydrogen-bond donors (Lipinski definition) is 2. The van der Waals surface area contributed by atoms with Gasteiger partial charge >= 0.3 is 0 Å². The van der Waals surface area contributed by atoms with Gasteiger partial charge in [0.1, 0.15) is 5.75 Å². The number of aryl methyl sites for hydroxylation is 1. The number of hydrogen-bond acceptors (Lipinski definition) is 5. The van der Waals surface area contributed by atoms with Crippen LogP contribution in [0.25, 0.3) is 11.3 Å². The average Bonchev–Trinajstić information content (AvgIpc) is 3.05. The van der Waals surface area contributed by atoms with E-state index in [9.17, 15) is 4.79 Å². The summed E-state index contributed by atoms with van der Waals surface area (Å²) in [4.78, 5) is 16.9. The van der Waals surface area contributed by atoms with Crippen molar-refractivity contribution in [2.24, 2.45) is 0 Å². The molecule has 3 aromatic rings. The highest BCUT2D eigenvalue weighted by molar-refractivity contribution is 7.13. The number of nitrogen functional groups attached to an aromatic ring is 1. The molecule has 0 spiro atoms. The maximum absolute atomic E-state index is 12.6. The molecule has 0 saturated heterocycles. The highest BCUT2D eigenvalue weighted by Gasteiger charge is 2.18. The normalized spacial score (nSPS) is 11.8. The van der Waals surface area contributed by atoms with Crippen molar-refractivity contribution in [3.8, 4) is 17.0 Å². The summed E-state index contributed by atoms with van der Waals surface area (Å²) in [7, 11) is 0. The number of amides is 1. The molecule has 1 unspecified atom stereocenters. The van der Waals surface area contributed by atoms with E-state index < -0.39 is 6.10 Å². The van der Waals surface area contributed by atoms with Crippen LogP contribution in [0.5, 0.6) is 5.75 Å². The van der Waals surface area contributed by atoms with Crippen molar-refractivity contribution in [1.29, 1.82) is 0 Å². The number of nitrogens with zero attached hydrogens (tertiary/aromatic N) is 1. The quantitative estimate of drug-likeness (QED) is 0.700. The molecule has 1 amide bonds. The van der Waals surface area contributed by atoms with Crippen molar-refractivity contribution in [3.63, 3.8) is 0 Å². The first-order chi connectivity index (χ1) is 12.5. The molecule has 0 fully saturated rings. The smallest absolute Gasteiger partial charge is 0.265 e. The lowest BCUT2D eigenvalue weighted by atomic mass is 10.1. The lowest BCUT2D eigenvalue weighted by molar-refractivity contribution is -0.122. The SMILES string of the molecule is Cc1cccc(NC(=O)C(C)Oc2ccccc2-c2csc(N)n2)c1C. The number of carbonyl (C=O) groups is 1. The third kappa shape index (κ3) is 3.86. The van der Waals surface area contributed by atoms with Crippen molar-refractivity contribution in [3.05, 3.63) is 59.0 Å². The van der Waals surface area contributed by atoms with Crippen LogP contribution < -0.4 is 15.8 Å². The highest BCUT2D eigenvalue weighted by Crippen LogP contribution is 2.32. The Labute approximate surface area is 156 Å². The minimum absolute atomic E-state index is 0.203. The van der Waals surface area contributed by atoms with Crippen LogP contribution in [0.3, 0.4) is 0 Å². The predicted molar refractivity (Wildman–Crippen MR) is 107 cm³/mol. The van der Waals surface area contributed by atoms with E-state index in [0.29, 0.717) is 10.9 Å². The maximum atomic E-state index is 12.6. The van der Waals surface area contributed by atoms with E-state index in [2.05, 4.69) is 10.3 Å². The first-order valence-electron chi connectivity index (χ1n) is 8.30. The Morgan fingerprint density at radius 2 is 1.96 bits per heavy atom. The van der Waals surface area contributed by atoms with Crippen LogP contribution >= 0.6 is 11.3 Å². The second kappa shape index (κ2) is 7.58. The summed E-state index contributed by atoms with van der Waals surface area (Å²) in [5.41, 5.74) is 10.3. The number of carbonyl (C=O) groups excluding carboxylic acids is 1. The molecule has 2 aromatic carbocycles. The monoisotopic (exact) mass is 367 g/mol. The van der Waals surface area contributed by atoms with E-state index in [1.165, 1.54) is 11.3 Å². The zero-order valence-electron chi connectivity index (χ0n) is 14.9. The molecule has 26 heavy (non-hydrogen) atoms. The molecule has 0 radical (unpaired) electrons. The number of benzene rings is 2. The van der Waals surface area contributed by atoms with Crippen LogP contribution in [0.2, 0.25) is 0 Å². The van der Waals surface area contributed by atoms with E-state index in [-0.39, 0.29) is 5.91 Å². The summed E-state index contributed by atoms with van der Waals surface area (Å²) in [5.74, 6) is 0.396. The van der Waals surface area contributed by atoms with Gasteiger partial charge in [-0.2, -0.15) is 0 Å². The number of thiazole rings is 1. The van der Waals surface area contributed by atoms with Gasteiger partial charge in [0.2, 0.25) is 0 Å². The Kier molecular flexibility index (Phi) is 5.23. The standard InChI is InChI=1S/C20H21N3O2S/c1-12-7-6-9-16(13(12)2)22-19(24)14(3)25-18-10-5-4-8-15(18)17-11-26-20(21)23-17/h4-11,14H,1-3H3,(H2,21,23)(H,22,24). The second-order valence-electron chi connectivity index (χ2n) is 6.06. The molecule has 0 saturated carbocycles. The molecule has 134 valence electrons. The number of para-hydroxylation sites is 1. The van der Waals surface area contributed by atoms with Crippen LogP contribution in [-0.4, -0.2) is 17.0 Å². The lowest BCUT2D eigenvalue weighted by Crippen LogP contribution is -2.30. The average molecular weight is 367 g/mol. The third-order valence-corrected chi connectivity index (χ3v) is 4.89. The minimum atomic E-state index is -0.660. The predicted octanol–water partition coefficient (Wildman–Crippen LogP) is 4.42. The van der Waals surface area contributed by atoms with E-state index in [0.717, 1.165) is 28.1 Å². The molecular weight excluding hydrogens is 346 g/mol. The molecule has 1 aromatic heterocycles. The molecule has 5 nitrogen and oxygen atoms in total. The van der Waals surface area contributed by atoms with Crippen LogP contribution in [-0.2, 0) is 4.79 Å².